The zero-order valence-corrected chi connectivity index (χ0v) is 11.6. The monoisotopic (exact) mass is 269 g/mol. The van der Waals surface area contributed by atoms with Gasteiger partial charge in [0.1, 0.15) is 0 Å². The van der Waals surface area contributed by atoms with E-state index in [0.29, 0.717) is 0 Å². The van der Waals surface area contributed by atoms with Crippen LogP contribution in [0.3, 0.4) is 0 Å². The number of imidazole rings is 1. The SMILES string of the molecule is CCNCCCc1cnn(-c2nc3ccccc3[nH]2)c1. The molecule has 2 aromatic heterocycles. The van der Waals surface area contributed by atoms with E-state index in [0.717, 1.165) is 42.9 Å². The van der Waals surface area contributed by atoms with Crippen LogP contribution in [0.15, 0.2) is 36.7 Å². The van der Waals surface area contributed by atoms with Crippen LogP contribution in [0, 0.1) is 0 Å². The molecule has 5 nitrogen and oxygen atoms in total. The van der Waals surface area contributed by atoms with E-state index >= 15 is 0 Å². The van der Waals surface area contributed by atoms with Gasteiger partial charge in [0.25, 0.3) is 0 Å². The second-order valence-electron chi connectivity index (χ2n) is 4.83. The van der Waals surface area contributed by atoms with Gasteiger partial charge in [-0.25, -0.2) is 9.67 Å². The van der Waals surface area contributed by atoms with Gasteiger partial charge in [0.2, 0.25) is 5.95 Å². The Morgan fingerprint density at radius 3 is 3.05 bits per heavy atom. The number of aromatic amines is 1. The van der Waals surface area contributed by atoms with Crippen LogP contribution in [-0.4, -0.2) is 32.8 Å². The quantitative estimate of drug-likeness (QED) is 0.675. The smallest absolute Gasteiger partial charge is 0.229 e. The van der Waals surface area contributed by atoms with E-state index in [9.17, 15) is 0 Å². The third kappa shape index (κ3) is 2.72. The lowest BCUT2D eigenvalue weighted by atomic mass is 10.2. The normalized spacial score (nSPS) is 11.2. The van der Waals surface area contributed by atoms with Crippen molar-refractivity contribution in [1.29, 1.82) is 0 Å². The van der Waals surface area contributed by atoms with Gasteiger partial charge in [-0.3, -0.25) is 0 Å². The highest BCUT2D eigenvalue weighted by Gasteiger charge is 2.06. The van der Waals surface area contributed by atoms with Crippen molar-refractivity contribution >= 4 is 11.0 Å². The van der Waals surface area contributed by atoms with E-state index < -0.39 is 0 Å². The Morgan fingerprint density at radius 2 is 2.20 bits per heavy atom. The molecule has 3 rings (SSSR count). The number of nitrogens with zero attached hydrogens (tertiary/aromatic N) is 3. The predicted molar refractivity (Wildman–Crippen MR) is 80.1 cm³/mol. The molecule has 5 heteroatoms. The number of benzene rings is 1. The molecule has 0 atom stereocenters. The van der Waals surface area contributed by atoms with E-state index in [4.69, 9.17) is 0 Å². The van der Waals surface area contributed by atoms with E-state index in [1.54, 1.807) is 0 Å². The zero-order chi connectivity index (χ0) is 13.8. The van der Waals surface area contributed by atoms with Gasteiger partial charge in [0, 0.05) is 6.20 Å². The molecule has 0 radical (unpaired) electrons. The molecule has 0 aliphatic rings. The molecule has 104 valence electrons. The first-order chi connectivity index (χ1) is 9.86. The van der Waals surface area contributed by atoms with Crippen molar-refractivity contribution in [2.75, 3.05) is 13.1 Å². The third-order valence-electron chi connectivity index (χ3n) is 3.30. The Bertz CT molecular complexity index is 649. The molecule has 1 aromatic carbocycles. The van der Waals surface area contributed by atoms with Gasteiger partial charge in [-0.2, -0.15) is 5.10 Å². The topological polar surface area (TPSA) is 58.5 Å². The number of H-pyrrole nitrogens is 1. The van der Waals surface area contributed by atoms with Gasteiger partial charge in [-0.05, 0) is 43.6 Å². The summed E-state index contributed by atoms with van der Waals surface area (Å²) in [7, 11) is 0. The lowest BCUT2D eigenvalue weighted by Crippen LogP contribution is -2.14. The molecule has 0 fully saturated rings. The van der Waals surface area contributed by atoms with Gasteiger partial charge in [0.05, 0.1) is 17.2 Å². The predicted octanol–water partition coefficient (Wildman–Crippen LogP) is 2.29. The summed E-state index contributed by atoms with van der Waals surface area (Å²) in [6, 6.07) is 8.00. The highest BCUT2D eigenvalue weighted by atomic mass is 15.3. The largest absolute Gasteiger partial charge is 0.322 e. The van der Waals surface area contributed by atoms with E-state index in [1.165, 1.54) is 5.56 Å². The van der Waals surface area contributed by atoms with Crippen LogP contribution in [-0.2, 0) is 6.42 Å². The number of nitrogens with one attached hydrogen (secondary N) is 2. The maximum absolute atomic E-state index is 4.54. The van der Waals surface area contributed by atoms with Gasteiger partial charge in [-0.15, -0.1) is 0 Å². The average Bonchev–Trinajstić information content (AvgIpc) is 3.09. The maximum atomic E-state index is 4.54. The van der Waals surface area contributed by atoms with Gasteiger partial charge < -0.3 is 10.3 Å². The fourth-order valence-corrected chi connectivity index (χ4v) is 2.25. The van der Waals surface area contributed by atoms with Gasteiger partial charge in [0.15, 0.2) is 0 Å². The number of aryl methyl sites for hydroxylation is 1. The molecule has 0 saturated heterocycles. The number of rotatable bonds is 6. The summed E-state index contributed by atoms with van der Waals surface area (Å²) in [6.07, 6.45) is 6.12. The molecule has 0 spiro atoms. The van der Waals surface area contributed by atoms with Crippen molar-refractivity contribution in [3.05, 3.63) is 42.2 Å². The molecule has 0 saturated carbocycles. The van der Waals surface area contributed by atoms with Crippen LogP contribution < -0.4 is 5.32 Å². The Kier molecular flexibility index (Phi) is 3.78. The van der Waals surface area contributed by atoms with Crippen LogP contribution in [0.5, 0.6) is 0 Å². The number of para-hydroxylation sites is 2. The zero-order valence-electron chi connectivity index (χ0n) is 11.6. The Labute approximate surface area is 118 Å². The molecule has 0 amide bonds. The molecule has 0 bridgehead atoms. The summed E-state index contributed by atoms with van der Waals surface area (Å²) in [4.78, 5) is 7.82. The minimum atomic E-state index is 0.768. The highest BCUT2D eigenvalue weighted by Crippen LogP contribution is 2.13. The van der Waals surface area contributed by atoms with Crippen molar-refractivity contribution in [3.8, 4) is 5.95 Å². The number of hydrogen-bond donors (Lipinski definition) is 2. The minimum absolute atomic E-state index is 0.768. The molecule has 0 unspecified atom stereocenters. The fraction of sp³-hybridized carbons (Fsp3) is 0.333. The third-order valence-corrected chi connectivity index (χ3v) is 3.30. The van der Waals surface area contributed by atoms with Crippen LogP contribution in [0.25, 0.3) is 17.0 Å². The summed E-state index contributed by atoms with van der Waals surface area (Å²) in [6.45, 7) is 4.20. The molecule has 2 N–H and O–H groups in total. The van der Waals surface area contributed by atoms with Crippen LogP contribution in [0.4, 0.5) is 0 Å². The van der Waals surface area contributed by atoms with Crippen LogP contribution in [0.2, 0.25) is 0 Å². The van der Waals surface area contributed by atoms with Crippen LogP contribution in [0.1, 0.15) is 18.9 Å². The Balaban J connectivity index is 1.72. The molecular weight excluding hydrogens is 250 g/mol. The Hall–Kier alpha value is -2.14. The van der Waals surface area contributed by atoms with Crippen molar-refractivity contribution in [2.24, 2.45) is 0 Å². The lowest BCUT2D eigenvalue weighted by Gasteiger charge is -1.99. The second kappa shape index (κ2) is 5.88. The van der Waals surface area contributed by atoms with E-state index in [2.05, 4.69) is 27.3 Å². The Morgan fingerprint density at radius 1 is 1.30 bits per heavy atom. The van der Waals surface area contributed by atoms with E-state index in [-0.39, 0.29) is 0 Å². The maximum Gasteiger partial charge on any atom is 0.229 e. The summed E-state index contributed by atoms with van der Waals surface area (Å²) < 4.78 is 1.81. The summed E-state index contributed by atoms with van der Waals surface area (Å²) in [5, 5.41) is 7.71. The molecule has 0 aliphatic heterocycles. The molecule has 0 aliphatic carbocycles. The number of fused-ring (bicyclic) bond motifs is 1. The number of aromatic nitrogens is 4. The number of hydrogen-bond acceptors (Lipinski definition) is 3. The molecule has 2 heterocycles. The molecule has 20 heavy (non-hydrogen) atoms. The summed E-state index contributed by atoms with van der Waals surface area (Å²) >= 11 is 0. The summed E-state index contributed by atoms with van der Waals surface area (Å²) in [5.74, 6) is 0.768. The minimum Gasteiger partial charge on any atom is -0.322 e. The second-order valence-corrected chi connectivity index (χ2v) is 4.83. The van der Waals surface area contributed by atoms with Gasteiger partial charge in [-0.1, -0.05) is 19.1 Å². The van der Waals surface area contributed by atoms with E-state index in [1.807, 2.05) is 41.3 Å². The summed E-state index contributed by atoms with van der Waals surface area (Å²) in [5.41, 5.74) is 3.24. The first-order valence-electron chi connectivity index (χ1n) is 7.06. The van der Waals surface area contributed by atoms with Crippen molar-refractivity contribution in [1.82, 2.24) is 25.1 Å². The highest BCUT2D eigenvalue weighted by molar-refractivity contribution is 5.75. The van der Waals surface area contributed by atoms with Crippen molar-refractivity contribution < 1.29 is 0 Å². The molecule has 3 aromatic rings. The average molecular weight is 269 g/mol. The van der Waals surface area contributed by atoms with Crippen molar-refractivity contribution in [3.63, 3.8) is 0 Å². The van der Waals surface area contributed by atoms with Gasteiger partial charge >= 0.3 is 0 Å². The van der Waals surface area contributed by atoms with Crippen LogP contribution >= 0.6 is 0 Å². The first kappa shape index (κ1) is 12.9. The van der Waals surface area contributed by atoms with Crippen molar-refractivity contribution in [2.45, 2.75) is 19.8 Å². The first-order valence-corrected chi connectivity index (χ1v) is 7.06. The fourth-order valence-electron chi connectivity index (χ4n) is 2.25. The standard InChI is InChI=1S/C15H19N5/c1-2-16-9-5-6-12-10-17-20(11-12)15-18-13-7-3-4-8-14(13)19-15/h3-4,7-8,10-11,16H,2,5-6,9H2,1H3,(H,18,19). The molecular formula is C15H19N5. The lowest BCUT2D eigenvalue weighted by molar-refractivity contribution is 0.672.